The van der Waals surface area contributed by atoms with Crippen LogP contribution in [0.25, 0.3) is 4.85 Å². The average molecular weight is 214 g/mol. The van der Waals surface area contributed by atoms with Crippen molar-refractivity contribution in [2.45, 2.75) is 27.7 Å². The molecular formula is C13H14N2O. The van der Waals surface area contributed by atoms with Gasteiger partial charge in [0.05, 0.1) is 18.4 Å². The second kappa shape index (κ2) is 4.24. The van der Waals surface area contributed by atoms with Gasteiger partial charge in [-0.25, -0.2) is 10.1 Å². The van der Waals surface area contributed by atoms with Crippen LogP contribution in [0.4, 0.5) is 0 Å². The predicted molar refractivity (Wildman–Crippen MR) is 61.6 cm³/mol. The number of ether oxygens (including phenoxy) is 1. The lowest BCUT2D eigenvalue weighted by atomic mass is 9.91. The van der Waals surface area contributed by atoms with Crippen LogP contribution in [0.1, 0.15) is 27.7 Å². The molecule has 1 rings (SSSR count). The number of hydrogen-bond donors (Lipinski definition) is 0. The minimum Gasteiger partial charge on any atom is -0.466 e. The number of nitriles is 1. The summed E-state index contributed by atoms with van der Waals surface area (Å²) in [5.74, 6) is 1.48. The second-order valence-electron chi connectivity index (χ2n) is 4.64. The first kappa shape index (κ1) is 12.1. The van der Waals surface area contributed by atoms with Crippen LogP contribution in [0, 0.1) is 23.3 Å². The Hall–Kier alpha value is -2.00. The maximum Gasteiger partial charge on any atom is 0.269 e. The van der Waals surface area contributed by atoms with Gasteiger partial charge in [0.25, 0.3) is 5.70 Å². The Balaban J connectivity index is 3.30. The van der Waals surface area contributed by atoms with Crippen LogP contribution >= 0.6 is 0 Å². The second-order valence-corrected chi connectivity index (χ2v) is 4.64. The summed E-state index contributed by atoms with van der Waals surface area (Å²) in [4.78, 5) is 3.20. The third kappa shape index (κ3) is 2.52. The van der Waals surface area contributed by atoms with E-state index in [1.807, 2.05) is 33.8 Å². The summed E-state index contributed by atoms with van der Waals surface area (Å²) in [6.07, 6.45) is 3.48. The van der Waals surface area contributed by atoms with Crippen molar-refractivity contribution in [3.63, 3.8) is 0 Å². The zero-order valence-corrected chi connectivity index (χ0v) is 9.96. The molecule has 3 heteroatoms. The summed E-state index contributed by atoms with van der Waals surface area (Å²) >= 11 is 0. The van der Waals surface area contributed by atoms with Crippen molar-refractivity contribution >= 4 is 0 Å². The molecule has 0 aromatic carbocycles. The molecule has 0 saturated carbocycles. The zero-order chi connectivity index (χ0) is 12.3. The third-order valence-electron chi connectivity index (χ3n) is 2.15. The first-order chi connectivity index (χ1) is 7.38. The molecule has 0 aliphatic carbocycles. The topological polar surface area (TPSA) is 37.4 Å². The molecule has 0 radical (unpaired) electrons. The highest BCUT2D eigenvalue weighted by Gasteiger charge is 2.23. The van der Waals surface area contributed by atoms with Crippen molar-refractivity contribution in [3.05, 3.63) is 46.4 Å². The Morgan fingerprint density at radius 2 is 2.06 bits per heavy atom. The maximum absolute atomic E-state index is 8.83. The van der Waals surface area contributed by atoms with Gasteiger partial charge < -0.3 is 4.74 Å². The molecule has 0 spiro atoms. The normalized spacial score (nSPS) is 18.6. The van der Waals surface area contributed by atoms with E-state index in [9.17, 15) is 0 Å². The SMILES string of the molecule is [C-]#[N+]C(C#N)=C1C=C(C)OC(C(C)(C)C)=C1. The number of allylic oxidation sites excluding steroid dienone is 6. The van der Waals surface area contributed by atoms with Gasteiger partial charge in [0, 0.05) is 5.41 Å². The van der Waals surface area contributed by atoms with Gasteiger partial charge in [0.1, 0.15) is 5.76 Å². The Morgan fingerprint density at radius 3 is 2.50 bits per heavy atom. The van der Waals surface area contributed by atoms with Gasteiger partial charge >= 0.3 is 0 Å². The molecule has 0 aromatic heterocycles. The van der Waals surface area contributed by atoms with E-state index >= 15 is 0 Å². The fourth-order valence-corrected chi connectivity index (χ4v) is 1.29. The molecule has 82 valence electrons. The first-order valence-corrected chi connectivity index (χ1v) is 4.98. The van der Waals surface area contributed by atoms with E-state index in [0.717, 1.165) is 5.76 Å². The van der Waals surface area contributed by atoms with Crippen LogP contribution in [-0.2, 0) is 4.74 Å². The summed E-state index contributed by atoms with van der Waals surface area (Å²) in [5.41, 5.74) is 0.596. The highest BCUT2D eigenvalue weighted by Crippen LogP contribution is 2.33. The minimum absolute atomic E-state index is 0.101. The van der Waals surface area contributed by atoms with Crippen molar-refractivity contribution in [1.82, 2.24) is 0 Å². The molecule has 0 atom stereocenters. The minimum atomic E-state index is -0.136. The Kier molecular flexibility index (Phi) is 3.20. The molecule has 16 heavy (non-hydrogen) atoms. The molecule has 0 unspecified atom stereocenters. The van der Waals surface area contributed by atoms with E-state index in [4.69, 9.17) is 16.6 Å². The van der Waals surface area contributed by atoms with Crippen LogP contribution in [-0.4, -0.2) is 0 Å². The largest absolute Gasteiger partial charge is 0.466 e. The zero-order valence-electron chi connectivity index (χ0n) is 9.96. The smallest absolute Gasteiger partial charge is 0.269 e. The molecule has 1 heterocycles. The van der Waals surface area contributed by atoms with Gasteiger partial charge in [-0.3, -0.25) is 0 Å². The van der Waals surface area contributed by atoms with Crippen LogP contribution in [0.5, 0.6) is 0 Å². The van der Waals surface area contributed by atoms with Crippen molar-refractivity contribution in [3.8, 4) is 6.07 Å². The standard InChI is InChI=1S/C13H14N2O/c1-9-6-10(11(8-14)15-5)7-12(16-9)13(2,3)4/h6-7H,1-4H3. The predicted octanol–water partition coefficient (Wildman–Crippen LogP) is 3.55. The van der Waals surface area contributed by atoms with Gasteiger partial charge in [0.2, 0.25) is 0 Å². The quantitative estimate of drug-likeness (QED) is 0.457. The molecule has 0 N–H and O–H groups in total. The van der Waals surface area contributed by atoms with Crippen LogP contribution in [0.2, 0.25) is 0 Å². The van der Waals surface area contributed by atoms with Gasteiger partial charge in [-0.15, -0.1) is 0 Å². The summed E-state index contributed by atoms with van der Waals surface area (Å²) in [5, 5.41) is 8.83. The van der Waals surface area contributed by atoms with Gasteiger partial charge in [-0.1, -0.05) is 20.8 Å². The summed E-state index contributed by atoms with van der Waals surface area (Å²) in [6, 6.07) is 1.89. The lowest BCUT2D eigenvalue weighted by Crippen LogP contribution is -2.14. The number of nitrogens with zero attached hydrogens (tertiary/aromatic N) is 2. The van der Waals surface area contributed by atoms with Crippen molar-refractivity contribution < 1.29 is 4.74 Å². The molecule has 0 bridgehead atoms. The van der Waals surface area contributed by atoms with E-state index in [-0.39, 0.29) is 11.1 Å². The van der Waals surface area contributed by atoms with E-state index in [2.05, 4.69) is 4.85 Å². The van der Waals surface area contributed by atoms with Crippen LogP contribution < -0.4 is 0 Å². The van der Waals surface area contributed by atoms with Gasteiger partial charge in [-0.05, 0) is 24.6 Å². The molecule has 0 aromatic rings. The number of hydrogen-bond acceptors (Lipinski definition) is 2. The Labute approximate surface area is 96.2 Å². The molecule has 0 saturated heterocycles. The Bertz CT molecular complexity index is 458. The lowest BCUT2D eigenvalue weighted by molar-refractivity contribution is 0.215. The molecule has 1 aliphatic rings. The average Bonchev–Trinajstić information content (AvgIpc) is 2.17. The lowest BCUT2D eigenvalue weighted by Gasteiger charge is -2.26. The van der Waals surface area contributed by atoms with Crippen molar-refractivity contribution in [1.29, 1.82) is 5.26 Å². The Morgan fingerprint density at radius 1 is 1.44 bits per heavy atom. The van der Waals surface area contributed by atoms with E-state index in [1.54, 1.807) is 12.2 Å². The summed E-state index contributed by atoms with van der Waals surface area (Å²) in [7, 11) is 0. The van der Waals surface area contributed by atoms with E-state index < -0.39 is 0 Å². The molecule has 0 amide bonds. The third-order valence-corrected chi connectivity index (χ3v) is 2.15. The molecular weight excluding hydrogens is 200 g/mol. The fourth-order valence-electron chi connectivity index (χ4n) is 1.29. The highest BCUT2D eigenvalue weighted by atomic mass is 16.5. The van der Waals surface area contributed by atoms with Crippen LogP contribution in [0.15, 0.2) is 34.9 Å². The van der Waals surface area contributed by atoms with Crippen molar-refractivity contribution in [2.75, 3.05) is 0 Å². The van der Waals surface area contributed by atoms with E-state index in [1.165, 1.54) is 0 Å². The molecule has 3 nitrogen and oxygen atoms in total. The monoisotopic (exact) mass is 214 g/mol. The summed E-state index contributed by atoms with van der Waals surface area (Å²) < 4.78 is 5.60. The number of rotatable bonds is 0. The van der Waals surface area contributed by atoms with Gasteiger partial charge in [-0.2, -0.15) is 0 Å². The highest BCUT2D eigenvalue weighted by molar-refractivity contribution is 5.48. The maximum atomic E-state index is 8.83. The molecule has 0 fully saturated rings. The summed E-state index contributed by atoms with van der Waals surface area (Å²) in [6.45, 7) is 14.8. The van der Waals surface area contributed by atoms with E-state index in [0.29, 0.717) is 11.3 Å². The van der Waals surface area contributed by atoms with Crippen LogP contribution in [0.3, 0.4) is 0 Å². The van der Waals surface area contributed by atoms with Gasteiger partial charge in [0.15, 0.2) is 0 Å². The fraction of sp³-hybridized carbons (Fsp3) is 0.385. The van der Waals surface area contributed by atoms with Crippen molar-refractivity contribution in [2.24, 2.45) is 5.41 Å². The first-order valence-electron chi connectivity index (χ1n) is 4.98. The molecule has 1 aliphatic heterocycles.